The number of phenols is 1. The molecule has 0 amide bonds. The molecule has 136 valence electrons. The number of aromatic nitrogens is 1. The Labute approximate surface area is 150 Å². The van der Waals surface area contributed by atoms with Gasteiger partial charge in [0.25, 0.3) is 0 Å². The first-order valence-corrected chi connectivity index (χ1v) is 7.51. The molecule has 2 aromatic carbocycles. The molecular weight excluding hydrogens is 359 g/mol. The summed E-state index contributed by atoms with van der Waals surface area (Å²) < 4.78 is 14.5. The van der Waals surface area contributed by atoms with Gasteiger partial charge in [0.15, 0.2) is 11.2 Å². The van der Waals surface area contributed by atoms with Crippen molar-refractivity contribution >= 4 is 11.7 Å². The molecule has 0 atom stereocenters. The van der Waals surface area contributed by atoms with Crippen molar-refractivity contribution in [1.29, 1.82) is 0 Å². The van der Waals surface area contributed by atoms with Gasteiger partial charge in [0, 0.05) is 29.6 Å². The Kier molecular flexibility index (Phi) is 4.43. The van der Waals surface area contributed by atoms with Crippen LogP contribution in [0.4, 0.5) is 10.1 Å². The van der Waals surface area contributed by atoms with E-state index < -0.39 is 39.1 Å². The van der Waals surface area contributed by atoms with Crippen molar-refractivity contribution in [2.45, 2.75) is 0 Å². The summed E-state index contributed by atoms with van der Waals surface area (Å²) in [5.74, 6) is -2.51. The molecule has 27 heavy (non-hydrogen) atoms. The second-order valence-corrected chi connectivity index (χ2v) is 5.55. The molecule has 0 aliphatic rings. The van der Waals surface area contributed by atoms with E-state index in [1.807, 2.05) is 0 Å². The van der Waals surface area contributed by atoms with Crippen molar-refractivity contribution in [3.05, 3.63) is 86.4 Å². The molecular formula is C18H11FN2O6. The smallest absolute Gasteiger partial charge is 0.341 e. The molecule has 0 unspecified atom stereocenters. The molecule has 2 N–H and O–H groups in total. The zero-order valence-corrected chi connectivity index (χ0v) is 13.5. The van der Waals surface area contributed by atoms with E-state index in [9.17, 15) is 34.3 Å². The van der Waals surface area contributed by atoms with Crippen molar-refractivity contribution in [3.8, 4) is 22.7 Å². The fraction of sp³-hybridized carbons (Fsp3) is 0. The number of benzene rings is 2. The molecule has 0 aliphatic heterocycles. The first-order chi connectivity index (χ1) is 12.8. The van der Waals surface area contributed by atoms with Gasteiger partial charge in [-0.3, -0.25) is 14.9 Å². The SMILES string of the molecule is O=C(O)c1cn(-c2ccc(F)cc2)c(-c2ccc(O)c([N+](=O)[O-])c2)cc1=O. The fourth-order valence-electron chi connectivity index (χ4n) is 2.56. The van der Waals surface area contributed by atoms with Gasteiger partial charge in [-0.15, -0.1) is 0 Å². The molecule has 0 saturated heterocycles. The van der Waals surface area contributed by atoms with E-state index in [0.717, 1.165) is 36.5 Å². The van der Waals surface area contributed by atoms with Gasteiger partial charge in [0.1, 0.15) is 11.4 Å². The average molecular weight is 370 g/mol. The van der Waals surface area contributed by atoms with Crippen LogP contribution in [0.2, 0.25) is 0 Å². The van der Waals surface area contributed by atoms with Crippen molar-refractivity contribution in [3.63, 3.8) is 0 Å². The van der Waals surface area contributed by atoms with Crippen LogP contribution >= 0.6 is 0 Å². The summed E-state index contributed by atoms with van der Waals surface area (Å²) in [7, 11) is 0. The highest BCUT2D eigenvalue weighted by molar-refractivity contribution is 5.88. The van der Waals surface area contributed by atoms with Crippen LogP contribution in [0.5, 0.6) is 5.75 Å². The number of aromatic carboxylic acids is 1. The minimum absolute atomic E-state index is 0.139. The molecule has 3 aromatic rings. The molecule has 8 nitrogen and oxygen atoms in total. The van der Waals surface area contributed by atoms with Crippen LogP contribution in [0.1, 0.15) is 10.4 Å². The second kappa shape index (κ2) is 6.71. The summed E-state index contributed by atoms with van der Waals surface area (Å²) >= 11 is 0. The minimum atomic E-state index is -1.45. The van der Waals surface area contributed by atoms with Crippen LogP contribution in [0.15, 0.2) is 59.5 Å². The molecule has 1 aromatic heterocycles. The number of nitrogens with zero attached hydrogens (tertiary/aromatic N) is 2. The van der Waals surface area contributed by atoms with E-state index in [1.54, 1.807) is 0 Å². The first kappa shape index (κ1) is 17.8. The van der Waals surface area contributed by atoms with Gasteiger partial charge in [0.2, 0.25) is 0 Å². The number of carboxylic acid groups (broad SMARTS) is 1. The third-order valence-electron chi connectivity index (χ3n) is 3.85. The summed E-state index contributed by atoms with van der Waals surface area (Å²) in [6, 6.07) is 9.55. The molecule has 1 heterocycles. The van der Waals surface area contributed by atoms with E-state index in [4.69, 9.17) is 0 Å². The summed E-state index contributed by atoms with van der Waals surface area (Å²) in [6.45, 7) is 0. The lowest BCUT2D eigenvalue weighted by Gasteiger charge is -2.15. The number of carboxylic acids is 1. The molecule has 0 fully saturated rings. The first-order valence-electron chi connectivity index (χ1n) is 7.51. The van der Waals surface area contributed by atoms with Gasteiger partial charge < -0.3 is 14.8 Å². The van der Waals surface area contributed by atoms with E-state index >= 15 is 0 Å². The molecule has 0 aliphatic carbocycles. The number of hydrogen-bond acceptors (Lipinski definition) is 5. The Morgan fingerprint density at radius 2 is 1.78 bits per heavy atom. The molecule has 3 rings (SSSR count). The number of aromatic hydroxyl groups is 1. The Bertz CT molecular complexity index is 1120. The highest BCUT2D eigenvalue weighted by Crippen LogP contribution is 2.32. The maximum atomic E-state index is 13.2. The van der Waals surface area contributed by atoms with E-state index in [-0.39, 0.29) is 11.3 Å². The molecule has 0 saturated carbocycles. The fourth-order valence-corrected chi connectivity index (χ4v) is 2.56. The van der Waals surface area contributed by atoms with Crippen molar-refractivity contribution in [1.82, 2.24) is 4.57 Å². The largest absolute Gasteiger partial charge is 0.502 e. The Morgan fingerprint density at radius 3 is 2.37 bits per heavy atom. The summed E-state index contributed by atoms with van der Waals surface area (Å²) in [6.07, 6.45) is 1.06. The van der Waals surface area contributed by atoms with Gasteiger partial charge in [0.05, 0.1) is 10.6 Å². The molecule has 0 bridgehead atoms. The number of nitro benzene ring substituents is 1. The predicted octanol–water partition coefficient (Wildman–Crippen LogP) is 2.96. The average Bonchev–Trinajstić information content (AvgIpc) is 2.62. The third-order valence-corrected chi connectivity index (χ3v) is 3.85. The predicted molar refractivity (Wildman–Crippen MR) is 92.7 cm³/mol. The molecule has 0 spiro atoms. The van der Waals surface area contributed by atoms with Crippen LogP contribution in [-0.4, -0.2) is 25.7 Å². The van der Waals surface area contributed by atoms with Crippen molar-refractivity contribution in [2.24, 2.45) is 0 Å². The normalized spacial score (nSPS) is 10.6. The highest BCUT2D eigenvalue weighted by atomic mass is 19.1. The van der Waals surface area contributed by atoms with Gasteiger partial charge >= 0.3 is 11.7 Å². The van der Waals surface area contributed by atoms with E-state index in [0.29, 0.717) is 5.69 Å². The number of carbonyl (C=O) groups is 1. The summed E-state index contributed by atoms with van der Waals surface area (Å²) in [5, 5.41) is 29.9. The van der Waals surface area contributed by atoms with E-state index in [1.165, 1.54) is 22.8 Å². The van der Waals surface area contributed by atoms with Crippen LogP contribution in [-0.2, 0) is 0 Å². The highest BCUT2D eigenvalue weighted by Gasteiger charge is 2.19. The monoisotopic (exact) mass is 370 g/mol. The number of nitro groups is 1. The van der Waals surface area contributed by atoms with Crippen LogP contribution in [0, 0.1) is 15.9 Å². The van der Waals surface area contributed by atoms with Crippen molar-refractivity contribution < 1.29 is 24.3 Å². The maximum absolute atomic E-state index is 13.2. The summed E-state index contributed by atoms with van der Waals surface area (Å²) in [5.41, 5.74) is -1.22. The quantitative estimate of drug-likeness (QED) is 0.538. The molecule has 0 radical (unpaired) electrons. The van der Waals surface area contributed by atoms with Gasteiger partial charge in [-0.1, -0.05) is 0 Å². The van der Waals surface area contributed by atoms with Crippen LogP contribution in [0.3, 0.4) is 0 Å². The maximum Gasteiger partial charge on any atom is 0.341 e. The minimum Gasteiger partial charge on any atom is -0.502 e. The third kappa shape index (κ3) is 3.38. The van der Waals surface area contributed by atoms with Gasteiger partial charge in [-0.2, -0.15) is 0 Å². The lowest BCUT2D eigenvalue weighted by Crippen LogP contribution is -2.18. The van der Waals surface area contributed by atoms with Crippen LogP contribution in [0.25, 0.3) is 16.9 Å². The number of hydrogen-bond donors (Lipinski definition) is 2. The van der Waals surface area contributed by atoms with E-state index in [2.05, 4.69) is 0 Å². The second-order valence-electron chi connectivity index (χ2n) is 5.55. The van der Waals surface area contributed by atoms with Crippen LogP contribution < -0.4 is 5.43 Å². The Balaban J connectivity index is 2.32. The standard InChI is InChI=1S/C18H11FN2O6/c19-11-2-4-12(5-3-11)20-9-13(18(24)25)17(23)8-14(20)10-1-6-16(22)15(7-10)21(26)27/h1-9,22H,(H,24,25). The lowest BCUT2D eigenvalue weighted by atomic mass is 10.1. The summed E-state index contributed by atoms with van der Waals surface area (Å²) in [4.78, 5) is 33.7. The number of halogens is 1. The topological polar surface area (TPSA) is 123 Å². The lowest BCUT2D eigenvalue weighted by molar-refractivity contribution is -0.385. The number of phenolic OH excluding ortho intramolecular Hbond substituents is 1. The van der Waals surface area contributed by atoms with Crippen molar-refractivity contribution in [2.75, 3.05) is 0 Å². The zero-order valence-electron chi connectivity index (χ0n) is 13.5. The Hall–Kier alpha value is -4.01. The zero-order chi connectivity index (χ0) is 19.7. The van der Waals surface area contributed by atoms with Gasteiger partial charge in [-0.25, -0.2) is 9.18 Å². The Morgan fingerprint density at radius 1 is 1.11 bits per heavy atom. The van der Waals surface area contributed by atoms with Gasteiger partial charge in [-0.05, 0) is 36.4 Å². The molecule has 9 heteroatoms. The number of pyridine rings is 1. The number of rotatable bonds is 4.